The van der Waals surface area contributed by atoms with E-state index in [2.05, 4.69) is 21.2 Å². The van der Waals surface area contributed by atoms with Gasteiger partial charge in [-0.1, -0.05) is 27.5 Å². The van der Waals surface area contributed by atoms with E-state index in [0.717, 1.165) is 36.9 Å². The van der Waals surface area contributed by atoms with Crippen molar-refractivity contribution in [2.24, 2.45) is 0 Å². The third-order valence-electron chi connectivity index (χ3n) is 3.42. The van der Waals surface area contributed by atoms with Crippen LogP contribution in [0, 0.1) is 0 Å². The fourth-order valence-corrected chi connectivity index (χ4v) is 3.37. The monoisotopic (exact) mass is 344 g/mol. The van der Waals surface area contributed by atoms with Crippen LogP contribution in [0.1, 0.15) is 30.1 Å². The first-order valence-corrected chi connectivity index (χ1v) is 7.76. The molecule has 1 aliphatic rings. The highest BCUT2D eigenvalue weighted by Crippen LogP contribution is 2.22. The van der Waals surface area contributed by atoms with Crippen molar-refractivity contribution >= 4 is 33.4 Å². The maximum atomic E-state index is 12.6. The standard InChI is InChI=1S/C14H18BrClN2O/c1-2-18(13-4-3-5-17-9-13)14(19)10-6-11(15)8-12(16)7-10/h6-8,13,17H,2-5,9H2,1H3. The van der Waals surface area contributed by atoms with Gasteiger partial charge >= 0.3 is 0 Å². The molecule has 19 heavy (non-hydrogen) atoms. The fraction of sp³-hybridized carbons (Fsp3) is 0.500. The second-order valence-electron chi connectivity index (χ2n) is 4.75. The van der Waals surface area contributed by atoms with Gasteiger partial charge in [0, 0.05) is 34.2 Å². The van der Waals surface area contributed by atoms with Crippen LogP contribution in [0.5, 0.6) is 0 Å². The van der Waals surface area contributed by atoms with Crippen molar-refractivity contribution in [3.05, 3.63) is 33.3 Å². The van der Waals surface area contributed by atoms with Crippen LogP contribution >= 0.6 is 27.5 Å². The normalized spacial score (nSPS) is 19.2. The van der Waals surface area contributed by atoms with Gasteiger partial charge in [-0.3, -0.25) is 4.79 Å². The Morgan fingerprint density at radius 1 is 1.53 bits per heavy atom. The molecule has 1 aromatic carbocycles. The average molecular weight is 346 g/mol. The van der Waals surface area contributed by atoms with E-state index in [9.17, 15) is 4.79 Å². The molecule has 1 aromatic rings. The Labute approximate surface area is 127 Å². The molecule has 1 heterocycles. The molecule has 0 aromatic heterocycles. The smallest absolute Gasteiger partial charge is 0.254 e. The van der Waals surface area contributed by atoms with Crippen LogP contribution in [0.4, 0.5) is 0 Å². The number of hydrogen-bond acceptors (Lipinski definition) is 2. The molecular formula is C14H18BrClN2O. The lowest BCUT2D eigenvalue weighted by atomic mass is 10.0. The summed E-state index contributed by atoms with van der Waals surface area (Å²) in [6.07, 6.45) is 2.18. The average Bonchev–Trinajstić information content (AvgIpc) is 2.39. The number of carbonyl (C=O) groups is 1. The Kier molecular flexibility index (Phi) is 5.25. The Balaban J connectivity index is 2.19. The van der Waals surface area contributed by atoms with E-state index in [0.29, 0.717) is 10.6 Å². The fourth-order valence-electron chi connectivity index (χ4n) is 2.51. The van der Waals surface area contributed by atoms with Crippen molar-refractivity contribution in [3.8, 4) is 0 Å². The number of rotatable bonds is 3. The lowest BCUT2D eigenvalue weighted by Gasteiger charge is -2.34. The van der Waals surface area contributed by atoms with Gasteiger partial charge in [0.25, 0.3) is 5.91 Å². The van der Waals surface area contributed by atoms with Crippen LogP contribution in [0.25, 0.3) is 0 Å². The van der Waals surface area contributed by atoms with E-state index in [1.807, 2.05) is 17.9 Å². The van der Waals surface area contributed by atoms with Crippen molar-refractivity contribution in [1.29, 1.82) is 0 Å². The Morgan fingerprint density at radius 3 is 2.89 bits per heavy atom. The molecule has 0 aliphatic carbocycles. The third-order valence-corrected chi connectivity index (χ3v) is 4.10. The number of hydrogen-bond donors (Lipinski definition) is 1. The number of carbonyl (C=O) groups excluding carboxylic acids is 1. The van der Waals surface area contributed by atoms with Gasteiger partial charge in [-0.15, -0.1) is 0 Å². The minimum absolute atomic E-state index is 0.0550. The molecule has 1 fully saturated rings. The van der Waals surface area contributed by atoms with Crippen molar-refractivity contribution < 1.29 is 4.79 Å². The molecule has 2 rings (SSSR count). The SMILES string of the molecule is CCN(C(=O)c1cc(Cl)cc(Br)c1)C1CCCNC1. The molecule has 104 valence electrons. The Bertz CT molecular complexity index is 441. The molecule has 0 radical (unpaired) electrons. The van der Waals surface area contributed by atoms with E-state index in [1.54, 1.807) is 12.1 Å². The summed E-state index contributed by atoms with van der Waals surface area (Å²) in [5.41, 5.74) is 0.645. The first-order valence-electron chi connectivity index (χ1n) is 6.59. The van der Waals surface area contributed by atoms with E-state index >= 15 is 0 Å². The largest absolute Gasteiger partial charge is 0.335 e. The molecule has 5 heteroatoms. The minimum Gasteiger partial charge on any atom is -0.335 e. The van der Waals surface area contributed by atoms with Crippen LogP contribution < -0.4 is 5.32 Å². The van der Waals surface area contributed by atoms with Crippen molar-refractivity contribution in [2.45, 2.75) is 25.8 Å². The molecule has 1 aliphatic heterocycles. The maximum absolute atomic E-state index is 12.6. The summed E-state index contributed by atoms with van der Waals surface area (Å²) in [5, 5.41) is 3.93. The molecule has 1 atom stereocenters. The molecular weight excluding hydrogens is 328 g/mol. The van der Waals surface area contributed by atoms with Gasteiger partial charge in [-0.25, -0.2) is 0 Å². The van der Waals surface area contributed by atoms with Crippen LogP contribution in [0.3, 0.4) is 0 Å². The summed E-state index contributed by atoms with van der Waals surface area (Å²) < 4.78 is 0.834. The van der Waals surface area contributed by atoms with Gasteiger partial charge in [0.2, 0.25) is 0 Å². The first kappa shape index (κ1) is 14.8. The summed E-state index contributed by atoms with van der Waals surface area (Å²) in [5.74, 6) is 0.0550. The van der Waals surface area contributed by atoms with Gasteiger partial charge in [0.05, 0.1) is 0 Å². The molecule has 1 N–H and O–H groups in total. The van der Waals surface area contributed by atoms with E-state index < -0.39 is 0 Å². The Morgan fingerprint density at radius 2 is 2.32 bits per heavy atom. The predicted molar refractivity (Wildman–Crippen MR) is 81.8 cm³/mol. The summed E-state index contributed by atoms with van der Waals surface area (Å²) in [7, 11) is 0. The van der Waals surface area contributed by atoms with Crippen molar-refractivity contribution in [3.63, 3.8) is 0 Å². The number of likely N-dealkylation sites (N-methyl/N-ethyl adjacent to an activating group) is 1. The predicted octanol–water partition coefficient (Wildman–Crippen LogP) is 3.32. The van der Waals surface area contributed by atoms with Gasteiger partial charge in [-0.05, 0) is 44.5 Å². The lowest BCUT2D eigenvalue weighted by molar-refractivity contribution is 0.0662. The topological polar surface area (TPSA) is 32.3 Å². The quantitative estimate of drug-likeness (QED) is 0.911. The second kappa shape index (κ2) is 6.73. The summed E-state index contributed by atoms with van der Waals surface area (Å²) in [6, 6.07) is 5.63. The van der Waals surface area contributed by atoms with Gasteiger partial charge in [-0.2, -0.15) is 0 Å². The third kappa shape index (κ3) is 3.71. The summed E-state index contributed by atoms with van der Waals surface area (Å²) in [6.45, 7) is 4.66. The molecule has 3 nitrogen and oxygen atoms in total. The number of nitrogens with zero attached hydrogens (tertiary/aromatic N) is 1. The van der Waals surface area contributed by atoms with Crippen LogP contribution in [-0.4, -0.2) is 36.5 Å². The summed E-state index contributed by atoms with van der Waals surface area (Å²) >= 11 is 9.40. The first-order chi connectivity index (χ1) is 9.11. The highest BCUT2D eigenvalue weighted by Gasteiger charge is 2.25. The zero-order valence-electron chi connectivity index (χ0n) is 11.0. The Hall–Kier alpha value is -0.580. The zero-order valence-corrected chi connectivity index (χ0v) is 13.3. The molecule has 1 amide bonds. The van der Waals surface area contributed by atoms with Gasteiger partial charge in [0.1, 0.15) is 0 Å². The summed E-state index contributed by atoms with van der Waals surface area (Å²) in [4.78, 5) is 14.5. The molecule has 1 unspecified atom stereocenters. The van der Waals surface area contributed by atoms with Crippen molar-refractivity contribution in [1.82, 2.24) is 10.2 Å². The van der Waals surface area contributed by atoms with E-state index in [4.69, 9.17) is 11.6 Å². The van der Waals surface area contributed by atoms with Crippen molar-refractivity contribution in [2.75, 3.05) is 19.6 Å². The number of benzene rings is 1. The number of halogens is 2. The molecule has 1 saturated heterocycles. The van der Waals surface area contributed by atoms with Gasteiger partial charge in [0.15, 0.2) is 0 Å². The highest BCUT2D eigenvalue weighted by molar-refractivity contribution is 9.10. The van der Waals surface area contributed by atoms with Gasteiger partial charge < -0.3 is 10.2 Å². The second-order valence-corrected chi connectivity index (χ2v) is 6.10. The van der Waals surface area contributed by atoms with Crippen LogP contribution in [-0.2, 0) is 0 Å². The zero-order chi connectivity index (χ0) is 13.8. The number of amides is 1. The minimum atomic E-state index is 0.0550. The van der Waals surface area contributed by atoms with E-state index in [1.165, 1.54) is 0 Å². The van der Waals surface area contributed by atoms with Crippen LogP contribution in [0.15, 0.2) is 22.7 Å². The van der Waals surface area contributed by atoms with Crippen LogP contribution in [0.2, 0.25) is 5.02 Å². The number of nitrogens with one attached hydrogen (secondary N) is 1. The number of piperidine rings is 1. The lowest BCUT2D eigenvalue weighted by Crippen LogP contribution is -2.48. The maximum Gasteiger partial charge on any atom is 0.254 e. The molecule has 0 spiro atoms. The highest BCUT2D eigenvalue weighted by atomic mass is 79.9. The molecule has 0 bridgehead atoms. The van der Waals surface area contributed by atoms with E-state index in [-0.39, 0.29) is 11.9 Å². The molecule has 0 saturated carbocycles.